The van der Waals surface area contributed by atoms with Gasteiger partial charge in [-0.25, -0.2) is 4.57 Å². The van der Waals surface area contributed by atoms with E-state index in [-0.39, 0.29) is 25.9 Å². The third-order valence-corrected chi connectivity index (χ3v) is 14.8. The molecule has 3 atom stereocenters. The summed E-state index contributed by atoms with van der Waals surface area (Å²) < 4.78 is 39.6. The molecule has 2 N–H and O–H groups in total. The zero-order valence-corrected chi connectivity index (χ0v) is 49.2. The first-order valence-corrected chi connectivity index (χ1v) is 32.7. The predicted octanol–water partition coefficient (Wildman–Crippen LogP) is 18.6. The van der Waals surface area contributed by atoms with Gasteiger partial charge in [0.2, 0.25) is 0 Å². The lowest BCUT2D eigenvalue weighted by molar-refractivity contribution is -0.161. The highest BCUT2D eigenvalue weighted by atomic mass is 31.2. The van der Waals surface area contributed by atoms with Gasteiger partial charge in [-0.1, -0.05) is 257 Å². The number of carbonyl (C=O) groups is 3. The van der Waals surface area contributed by atoms with Crippen LogP contribution in [-0.4, -0.2) is 66.5 Å². The largest absolute Gasteiger partial charge is 0.472 e. The van der Waals surface area contributed by atoms with Crippen LogP contribution in [0.2, 0.25) is 0 Å². The van der Waals surface area contributed by atoms with Crippen LogP contribution in [0, 0.1) is 0 Å². The molecule has 0 radical (unpaired) electrons. The summed E-state index contributed by atoms with van der Waals surface area (Å²) in [5.74, 6) is -1.45. The van der Waals surface area contributed by atoms with Gasteiger partial charge in [0.25, 0.3) is 0 Å². The number of carbonyl (C=O) groups excluding carboxylic acids is 3. The van der Waals surface area contributed by atoms with Gasteiger partial charge in [0.05, 0.1) is 19.8 Å². The van der Waals surface area contributed by atoms with E-state index in [4.69, 9.17) is 23.3 Å². The topological polar surface area (TPSA) is 155 Å². The molecule has 0 heterocycles. The molecule has 0 saturated carbocycles. The van der Waals surface area contributed by atoms with E-state index in [2.05, 4.69) is 45.1 Å². The molecule has 0 aliphatic carbocycles. The molecule has 11 nitrogen and oxygen atoms in total. The van der Waals surface area contributed by atoms with E-state index < -0.39 is 57.8 Å². The van der Waals surface area contributed by atoms with Crippen molar-refractivity contribution in [3.05, 3.63) is 24.3 Å². The molecule has 12 heteroatoms. The van der Waals surface area contributed by atoms with Crippen molar-refractivity contribution in [2.75, 3.05) is 26.4 Å². The standard InChI is InChI=1S/C62H117O11P/c1-4-7-10-13-16-19-22-24-26-28-29-31-33-35-38-41-44-47-50-53-62(66)73-59(55-69-60(64)51-48-45-42-39-36-21-18-15-12-9-6-3)57-71-74(67,68)70-56-58(54-63)72-61(65)52-49-46-43-40-37-34-32-30-27-25-23-20-17-14-11-8-5-2/h15,18,25,27,58-59,63H,4-14,16-17,19-24,26,28-57H2,1-3H3,(H,67,68)/b18-15-,27-25-. The van der Waals surface area contributed by atoms with E-state index in [1.165, 1.54) is 173 Å². The minimum absolute atomic E-state index is 0.173. The molecular formula is C62H117O11P. The Morgan fingerprint density at radius 1 is 0.365 bits per heavy atom. The Bertz CT molecular complexity index is 1340. The SMILES string of the molecule is CCCC/C=C\CCCCCCCC(=O)OCC(COP(=O)(O)OCC(CO)OC(=O)CCCCCCCCC/C=C\CCCCCCCC)OC(=O)CCCCCCCCCCCCCCCCCCCCC. The van der Waals surface area contributed by atoms with Gasteiger partial charge in [0.15, 0.2) is 6.10 Å². The predicted molar refractivity (Wildman–Crippen MR) is 307 cm³/mol. The van der Waals surface area contributed by atoms with Crippen molar-refractivity contribution in [3.63, 3.8) is 0 Å². The number of phosphoric acid groups is 1. The third kappa shape index (κ3) is 54.7. The second-order valence-electron chi connectivity index (χ2n) is 21.2. The van der Waals surface area contributed by atoms with Crippen molar-refractivity contribution >= 4 is 25.7 Å². The van der Waals surface area contributed by atoms with Gasteiger partial charge in [0, 0.05) is 19.3 Å². The van der Waals surface area contributed by atoms with Crippen LogP contribution in [0.4, 0.5) is 0 Å². The lowest BCUT2D eigenvalue weighted by Crippen LogP contribution is -2.30. The second kappa shape index (κ2) is 57.1. The number of unbranched alkanes of at least 4 members (excludes halogenated alkanes) is 38. The number of allylic oxidation sites excluding steroid dienone is 4. The summed E-state index contributed by atoms with van der Waals surface area (Å²) in [5, 5.41) is 9.83. The summed E-state index contributed by atoms with van der Waals surface area (Å²) >= 11 is 0. The smallest absolute Gasteiger partial charge is 0.462 e. The molecule has 0 aliphatic heterocycles. The molecule has 0 fully saturated rings. The lowest BCUT2D eigenvalue weighted by Gasteiger charge is -2.21. The Labute approximate surface area is 455 Å². The van der Waals surface area contributed by atoms with Crippen molar-refractivity contribution in [1.29, 1.82) is 0 Å². The van der Waals surface area contributed by atoms with Gasteiger partial charge in [-0.3, -0.25) is 23.4 Å². The number of aliphatic hydroxyl groups is 1. The summed E-state index contributed by atoms with van der Waals surface area (Å²) in [5.41, 5.74) is 0. The summed E-state index contributed by atoms with van der Waals surface area (Å²) in [6, 6.07) is 0. The maximum atomic E-state index is 12.9. The number of phosphoric ester groups is 1. The molecule has 0 spiro atoms. The Hall–Kier alpha value is -2.04. The van der Waals surface area contributed by atoms with Crippen molar-refractivity contribution in [2.45, 2.75) is 328 Å². The Kier molecular flexibility index (Phi) is 55.6. The summed E-state index contributed by atoms with van der Waals surface area (Å²) in [6.45, 7) is 4.65. The molecule has 3 unspecified atom stereocenters. The fourth-order valence-corrected chi connectivity index (χ4v) is 9.82. The van der Waals surface area contributed by atoms with E-state index in [9.17, 15) is 28.9 Å². The maximum Gasteiger partial charge on any atom is 0.472 e. The normalized spacial score (nSPS) is 13.4. The maximum absolute atomic E-state index is 12.9. The van der Waals surface area contributed by atoms with Crippen LogP contribution >= 0.6 is 7.82 Å². The van der Waals surface area contributed by atoms with Gasteiger partial charge in [-0.2, -0.15) is 0 Å². The Morgan fingerprint density at radius 2 is 0.635 bits per heavy atom. The summed E-state index contributed by atoms with van der Waals surface area (Å²) in [7, 11) is -4.74. The quantitative estimate of drug-likeness (QED) is 0.0197. The highest BCUT2D eigenvalue weighted by molar-refractivity contribution is 7.47. The summed E-state index contributed by atoms with van der Waals surface area (Å²) in [4.78, 5) is 48.6. The van der Waals surface area contributed by atoms with Crippen molar-refractivity contribution in [3.8, 4) is 0 Å². The van der Waals surface area contributed by atoms with E-state index in [1.807, 2.05) is 0 Å². The van der Waals surface area contributed by atoms with Crippen LogP contribution in [0.5, 0.6) is 0 Å². The van der Waals surface area contributed by atoms with Gasteiger partial charge < -0.3 is 24.2 Å². The van der Waals surface area contributed by atoms with Gasteiger partial charge in [0.1, 0.15) is 12.7 Å². The fraction of sp³-hybridized carbons (Fsp3) is 0.887. The molecule has 0 aromatic carbocycles. The highest BCUT2D eigenvalue weighted by Gasteiger charge is 2.28. The first-order valence-electron chi connectivity index (χ1n) is 31.2. The minimum atomic E-state index is -4.74. The van der Waals surface area contributed by atoms with Gasteiger partial charge in [-0.15, -0.1) is 0 Å². The number of hydrogen-bond donors (Lipinski definition) is 2. The second-order valence-corrected chi connectivity index (χ2v) is 22.7. The number of aliphatic hydroxyl groups excluding tert-OH is 1. The number of ether oxygens (including phenoxy) is 3. The van der Waals surface area contributed by atoms with E-state index in [1.54, 1.807) is 0 Å². The fourth-order valence-electron chi connectivity index (χ4n) is 9.04. The molecule has 0 aromatic rings. The average molecular weight is 1070 g/mol. The van der Waals surface area contributed by atoms with Crippen LogP contribution in [0.15, 0.2) is 24.3 Å². The number of esters is 3. The zero-order valence-electron chi connectivity index (χ0n) is 48.3. The third-order valence-electron chi connectivity index (χ3n) is 13.8. The van der Waals surface area contributed by atoms with Crippen molar-refractivity contribution < 1.29 is 52.2 Å². The molecule has 0 bridgehead atoms. The first-order chi connectivity index (χ1) is 36.2. The molecular weight excluding hydrogens is 952 g/mol. The first kappa shape index (κ1) is 72.0. The molecule has 0 saturated heterocycles. The molecule has 436 valence electrons. The molecule has 0 aliphatic rings. The number of hydrogen-bond acceptors (Lipinski definition) is 10. The van der Waals surface area contributed by atoms with Crippen molar-refractivity contribution in [1.82, 2.24) is 0 Å². The molecule has 74 heavy (non-hydrogen) atoms. The van der Waals surface area contributed by atoms with Crippen LogP contribution in [0.1, 0.15) is 316 Å². The zero-order chi connectivity index (χ0) is 54.1. The Balaban J connectivity index is 4.60. The van der Waals surface area contributed by atoms with E-state index in [0.29, 0.717) is 19.3 Å². The number of rotatable bonds is 59. The molecule has 0 amide bonds. The lowest BCUT2D eigenvalue weighted by atomic mass is 10.0. The van der Waals surface area contributed by atoms with Crippen molar-refractivity contribution in [2.24, 2.45) is 0 Å². The van der Waals surface area contributed by atoms with Gasteiger partial charge >= 0.3 is 25.7 Å². The monoisotopic (exact) mass is 1070 g/mol. The van der Waals surface area contributed by atoms with Crippen LogP contribution < -0.4 is 0 Å². The van der Waals surface area contributed by atoms with Crippen LogP contribution in [0.3, 0.4) is 0 Å². The summed E-state index contributed by atoms with van der Waals surface area (Å²) in [6.07, 6.45) is 58.5. The van der Waals surface area contributed by atoms with E-state index >= 15 is 0 Å². The minimum Gasteiger partial charge on any atom is -0.462 e. The van der Waals surface area contributed by atoms with Crippen LogP contribution in [0.25, 0.3) is 0 Å². The molecule has 0 rings (SSSR count). The average Bonchev–Trinajstić information content (AvgIpc) is 3.39. The molecule has 0 aromatic heterocycles. The van der Waals surface area contributed by atoms with E-state index in [0.717, 1.165) is 83.5 Å². The van der Waals surface area contributed by atoms with Crippen LogP contribution in [-0.2, 0) is 42.2 Å². The van der Waals surface area contributed by atoms with Gasteiger partial charge in [-0.05, 0) is 64.2 Å². The Morgan fingerprint density at radius 3 is 0.973 bits per heavy atom. The highest BCUT2D eigenvalue weighted by Crippen LogP contribution is 2.43.